The Morgan fingerprint density at radius 2 is 1.30 bits per heavy atom. The van der Waals surface area contributed by atoms with Gasteiger partial charge in [0.2, 0.25) is 6.29 Å². The third-order valence-electron chi connectivity index (χ3n) is 7.70. The van der Waals surface area contributed by atoms with E-state index in [9.17, 15) is 4.79 Å². The van der Waals surface area contributed by atoms with Crippen molar-refractivity contribution in [3.8, 4) is 5.75 Å². The summed E-state index contributed by atoms with van der Waals surface area (Å²) in [5.74, 6) is 0.593. The first-order chi connectivity index (χ1) is 19.4. The lowest BCUT2D eigenvalue weighted by Crippen LogP contribution is -2.39. The highest BCUT2D eigenvalue weighted by molar-refractivity contribution is 5.69. The minimum Gasteiger partial charge on any atom is -0.455 e. The topological polar surface area (TPSA) is 35.5 Å². The number of hydrogen-bond donors (Lipinski definition) is 0. The Hall–Kier alpha value is -2.33. The Morgan fingerprint density at radius 1 is 0.700 bits per heavy atom. The molecule has 0 radical (unpaired) electrons. The van der Waals surface area contributed by atoms with Gasteiger partial charge in [-0.15, -0.1) is 0 Å². The molecule has 0 saturated carbocycles. The van der Waals surface area contributed by atoms with Crippen LogP contribution in [-0.2, 0) is 22.5 Å². The van der Waals surface area contributed by atoms with Crippen LogP contribution in [0, 0.1) is 0 Å². The maximum absolute atomic E-state index is 12.4. The first-order valence-electron chi connectivity index (χ1n) is 16.2. The zero-order valence-corrected chi connectivity index (χ0v) is 26.2. The van der Waals surface area contributed by atoms with Gasteiger partial charge >= 0.3 is 5.97 Å². The van der Waals surface area contributed by atoms with Gasteiger partial charge in [0.25, 0.3) is 0 Å². The van der Waals surface area contributed by atoms with Crippen LogP contribution in [-0.4, -0.2) is 37.4 Å². The predicted octanol–water partition coefficient (Wildman–Crippen LogP) is 9.65. The van der Waals surface area contributed by atoms with Crippen molar-refractivity contribution in [3.05, 3.63) is 65.7 Å². The third kappa shape index (κ3) is 16.1. The Kier molecular flexibility index (Phi) is 17.4. The van der Waals surface area contributed by atoms with E-state index in [1.165, 1.54) is 81.8 Å². The smallest absolute Gasteiger partial charge is 0.308 e. The lowest BCUT2D eigenvalue weighted by atomic mass is 10.0. The van der Waals surface area contributed by atoms with Crippen LogP contribution >= 0.6 is 0 Å². The molecule has 1 atom stereocenters. The predicted molar refractivity (Wildman–Crippen MR) is 168 cm³/mol. The molecule has 2 aromatic rings. The molecule has 40 heavy (non-hydrogen) atoms. The number of ether oxygens (including phenoxy) is 2. The summed E-state index contributed by atoms with van der Waals surface area (Å²) in [5, 5.41) is 0. The van der Waals surface area contributed by atoms with Crippen molar-refractivity contribution < 1.29 is 18.8 Å². The average Bonchev–Trinajstić information content (AvgIpc) is 2.95. The van der Waals surface area contributed by atoms with Gasteiger partial charge in [0.15, 0.2) is 0 Å². The molecular formula is C36H58NO3+. The lowest BCUT2D eigenvalue weighted by molar-refractivity contribution is -0.903. The molecule has 0 aliphatic carbocycles. The van der Waals surface area contributed by atoms with Crippen molar-refractivity contribution in [2.24, 2.45) is 0 Å². The Balaban J connectivity index is 1.56. The lowest BCUT2D eigenvalue weighted by Gasteiger charge is -2.30. The summed E-state index contributed by atoms with van der Waals surface area (Å²) in [5.41, 5.74) is 2.69. The van der Waals surface area contributed by atoms with Crippen LogP contribution in [0.25, 0.3) is 0 Å². The number of aryl methyl sites for hydroxylation is 1. The number of unbranched alkanes of at least 4 members (excludes halogenated alkanes) is 11. The molecule has 0 aliphatic heterocycles. The molecule has 0 aliphatic rings. The number of carbonyl (C=O) groups excluding carboxylic acids is 1. The highest BCUT2D eigenvalue weighted by atomic mass is 16.7. The number of carbonyl (C=O) groups is 1. The Labute approximate surface area is 246 Å². The van der Waals surface area contributed by atoms with Crippen LogP contribution < -0.4 is 4.74 Å². The highest BCUT2D eigenvalue weighted by Gasteiger charge is 2.17. The van der Waals surface area contributed by atoms with E-state index in [-0.39, 0.29) is 5.97 Å². The highest BCUT2D eigenvalue weighted by Crippen LogP contribution is 2.19. The summed E-state index contributed by atoms with van der Waals surface area (Å²) in [6, 6.07) is 18.9. The van der Waals surface area contributed by atoms with Gasteiger partial charge in [-0.2, -0.15) is 0 Å². The van der Waals surface area contributed by atoms with Crippen molar-refractivity contribution in [2.45, 2.75) is 129 Å². The Bertz CT molecular complexity index is 894. The summed E-state index contributed by atoms with van der Waals surface area (Å²) in [7, 11) is 4.49. The fourth-order valence-electron chi connectivity index (χ4n) is 5.24. The molecule has 0 saturated heterocycles. The molecule has 1 unspecified atom stereocenters. The maximum atomic E-state index is 12.4. The number of benzene rings is 2. The van der Waals surface area contributed by atoms with Gasteiger partial charge in [-0.3, -0.25) is 4.79 Å². The average molecular weight is 553 g/mol. The normalized spacial score (nSPS) is 12.3. The minimum absolute atomic E-state index is 0.173. The van der Waals surface area contributed by atoms with Crippen LogP contribution in [0.3, 0.4) is 0 Å². The summed E-state index contributed by atoms with van der Waals surface area (Å²) >= 11 is 0. The molecule has 0 aromatic heterocycles. The molecule has 4 nitrogen and oxygen atoms in total. The van der Waals surface area contributed by atoms with Crippen molar-refractivity contribution in [2.75, 3.05) is 20.6 Å². The van der Waals surface area contributed by atoms with Crippen molar-refractivity contribution in [1.29, 1.82) is 0 Å². The number of quaternary nitrogens is 1. The first kappa shape index (κ1) is 33.9. The third-order valence-corrected chi connectivity index (χ3v) is 7.70. The summed E-state index contributed by atoms with van der Waals surface area (Å²) in [6.07, 6.45) is 18.5. The SMILES string of the molecule is CCCCCCCCCCCCCc1ccc(OC(CC)OC(=O)CCCC[N+](C)(C)Cc2ccccc2)cc1. The van der Waals surface area contributed by atoms with Crippen molar-refractivity contribution >= 4 is 5.97 Å². The second-order valence-corrected chi connectivity index (χ2v) is 12.1. The number of hydrogen-bond acceptors (Lipinski definition) is 3. The molecule has 0 spiro atoms. The molecule has 0 fully saturated rings. The van der Waals surface area contributed by atoms with E-state index >= 15 is 0 Å². The van der Waals surface area contributed by atoms with E-state index in [4.69, 9.17) is 9.47 Å². The molecule has 4 heteroatoms. The fourth-order valence-corrected chi connectivity index (χ4v) is 5.24. The molecular weight excluding hydrogens is 494 g/mol. The molecule has 2 rings (SSSR count). The van der Waals surface area contributed by atoms with Gasteiger partial charge in [0.1, 0.15) is 12.3 Å². The largest absolute Gasteiger partial charge is 0.455 e. The van der Waals surface area contributed by atoms with E-state index in [1.54, 1.807) is 0 Å². The van der Waals surface area contributed by atoms with E-state index < -0.39 is 6.29 Å². The summed E-state index contributed by atoms with van der Waals surface area (Å²) in [4.78, 5) is 12.4. The van der Waals surface area contributed by atoms with Crippen molar-refractivity contribution in [1.82, 2.24) is 0 Å². The van der Waals surface area contributed by atoms with E-state index in [1.807, 2.05) is 19.1 Å². The summed E-state index contributed by atoms with van der Waals surface area (Å²) < 4.78 is 12.5. The van der Waals surface area contributed by atoms with Gasteiger partial charge in [0.05, 0.1) is 20.6 Å². The number of nitrogens with zero attached hydrogens (tertiary/aromatic N) is 1. The maximum Gasteiger partial charge on any atom is 0.308 e. The molecule has 0 bridgehead atoms. The number of rotatable bonds is 23. The van der Waals surface area contributed by atoms with Crippen LogP contribution in [0.4, 0.5) is 0 Å². The van der Waals surface area contributed by atoms with Gasteiger partial charge in [-0.05, 0) is 43.4 Å². The Morgan fingerprint density at radius 3 is 1.90 bits per heavy atom. The van der Waals surface area contributed by atoms with Crippen molar-refractivity contribution in [3.63, 3.8) is 0 Å². The zero-order chi connectivity index (χ0) is 28.9. The fraction of sp³-hybridized carbons (Fsp3) is 0.639. The van der Waals surface area contributed by atoms with E-state index in [2.05, 4.69) is 63.5 Å². The molecule has 2 aromatic carbocycles. The van der Waals surface area contributed by atoms with Crippen LogP contribution in [0.15, 0.2) is 54.6 Å². The van der Waals surface area contributed by atoms with Gasteiger partial charge in [0, 0.05) is 18.4 Å². The second-order valence-electron chi connectivity index (χ2n) is 12.1. The van der Waals surface area contributed by atoms with E-state index in [0.717, 1.165) is 42.6 Å². The number of esters is 1. The van der Waals surface area contributed by atoms with Crippen LogP contribution in [0.1, 0.15) is 121 Å². The molecule has 0 amide bonds. The quantitative estimate of drug-likeness (QED) is 0.0596. The zero-order valence-electron chi connectivity index (χ0n) is 26.2. The van der Waals surface area contributed by atoms with Gasteiger partial charge in [-0.1, -0.05) is 121 Å². The monoisotopic (exact) mass is 552 g/mol. The van der Waals surface area contributed by atoms with Gasteiger partial charge in [-0.25, -0.2) is 0 Å². The molecule has 0 heterocycles. The second kappa shape index (κ2) is 20.5. The standard InChI is InChI=1S/C36H58NO3/c1-5-7-8-9-10-11-12-13-14-15-17-22-32-26-28-34(29-27-32)39-36(6-2)40-35(38)25-20-21-30-37(3,4)31-33-23-18-16-19-24-33/h16,18-19,23-24,26-29,36H,5-15,17,20-22,25,30-31H2,1-4H3/q+1. The van der Waals surface area contributed by atoms with Gasteiger partial charge < -0.3 is 14.0 Å². The molecule has 0 N–H and O–H groups in total. The summed E-state index contributed by atoms with van der Waals surface area (Å²) in [6.45, 7) is 6.29. The minimum atomic E-state index is -0.532. The first-order valence-corrected chi connectivity index (χ1v) is 16.2. The van der Waals surface area contributed by atoms with E-state index in [0.29, 0.717) is 12.8 Å². The van der Waals surface area contributed by atoms with Crippen LogP contribution in [0.5, 0.6) is 5.75 Å². The molecule has 224 valence electrons. The van der Waals surface area contributed by atoms with Crippen LogP contribution in [0.2, 0.25) is 0 Å².